The molecule has 0 N–H and O–H groups in total. The van der Waals surface area contributed by atoms with Gasteiger partial charge in [0.25, 0.3) is 0 Å². The molecule has 0 fully saturated rings. The molecular formula is C17H19BrO. The number of methoxy groups -OCH3 is 1. The zero-order valence-electron chi connectivity index (χ0n) is 11.8. The molecule has 0 radical (unpaired) electrons. The first-order valence-corrected chi connectivity index (χ1v) is 7.31. The Morgan fingerprint density at radius 3 is 2.05 bits per heavy atom. The van der Waals surface area contributed by atoms with Gasteiger partial charge in [0.05, 0.1) is 11.9 Å². The molecule has 0 saturated carbocycles. The van der Waals surface area contributed by atoms with E-state index in [1.165, 1.54) is 27.8 Å². The van der Waals surface area contributed by atoms with Crippen molar-refractivity contribution in [1.82, 2.24) is 0 Å². The number of aryl methyl sites for hydroxylation is 3. The number of hydrogen-bond acceptors (Lipinski definition) is 1. The molecule has 0 bridgehead atoms. The van der Waals surface area contributed by atoms with E-state index in [0.29, 0.717) is 0 Å². The van der Waals surface area contributed by atoms with Gasteiger partial charge in [0.1, 0.15) is 5.75 Å². The summed E-state index contributed by atoms with van der Waals surface area (Å²) in [6.45, 7) is 6.33. The van der Waals surface area contributed by atoms with E-state index < -0.39 is 0 Å². The molecule has 2 aromatic rings. The van der Waals surface area contributed by atoms with Crippen LogP contribution in [-0.2, 0) is 0 Å². The van der Waals surface area contributed by atoms with Crippen molar-refractivity contribution < 1.29 is 4.74 Å². The Kier molecular flexibility index (Phi) is 4.31. The van der Waals surface area contributed by atoms with E-state index in [1.54, 1.807) is 7.11 Å². The zero-order chi connectivity index (χ0) is 14.0. The molecular weight excluding hydrogens is 300 g/mol. The monoisotopic (exact) mass is 318 g/mol. The smallest absolute Gasteiger partial charge is 0.124 e. The summed E-state index contributed by atoms with van der Waals surface area (Å²) in [5.41, 5.74) is 6.23. The largest absolute Gasteiger partial charge is 0.496 e. The fourth-order valence-electron chi connectivity index (χ4n) is 2.50. The number of benzene rings is 2. The van der Waals surface area contributed by atoms with Gasteiger partial charge in [-0.25, -0.2) is 0 Å². The van der Waals surface area contributed by atoms with E-state index in [2.05, 4.69) is 73.1 Å². The van der Waals surface area contributed by atoms with Crippen molar-refractivity contribution in [3.63, 3.8) is 0 Å². The molecule has 0 aliphatic carbocycles. The summed E-state index contributed by atoms with van der Waals surface area (Å²) in [6, 6.07) is 12.9. The lowest BCUT2D eigenvalue weighted by molar-refractivity contribution is 0.408. The van der Waals surface area contributed by atoms with Crippen LogP contribution in [0.1, 0.15) is 32.6 Å². The fraction of sp³-hybridized carbons (Fsp3) is 0.294. The highest BCUT2D eigenvalue weighted by Crippen LogP contribution is 2.36. The number of alkyl halides is 1. The minimum atomic E-state index is 0.219. The van der Waals surface area contributed by atoms with Gasteiger partial charge in [0, 0.05) is 0 Å². The Bertz CT molecular complexity index is 567. The number of hydrogen-bond donors (Lipinski definition) is 0. The van der Waals surface area contributed by atoms with E-state index in [4.69, 9.17) is 4.74 Å². The molecule has 1 atom stereocenters. The minimum Gasteiger partial charge on any atom is -0.496 e. The molecule has 0 saturated heterocycles. The summed E-state index contributed by atoms with van der Waals surface area (Å²) in [5.74, 6) is 0.980. The van der Waals surface area contributed by atoms with Crippen molar-refractivity contribution >= 4 is 15.9 Å². The molecule has 2 rings (SSSR count). The quantitative estimate of drug-likeness (QED) is 0.715. The van der Waals surface area contributed by atoms with Crippen molar-refractivity contribution in [2.24, 2.45) is 0 Å². The van der Waals surface area contributed by atoms with E-state index in [0.717, 1.165) is 5.75 Å². The summed E-state index contributed by atoms with van der Waals surface area (Å²) >= 11 is 3.82. The van der Waals surface area contributed by atoms with E-state index >= 15 is 0 Å². The SMILES string of the molecule is COc1c(C)cc(C(Br)c2ccccc2C)cc1C. The molecule has 0 aliphatic heterocycles. The summed E-state index contributed by atoms with van der Waals surface area (Å²) in [4.78, 5) is 0.219. The van der Waals surface area contributed by atoms with Crippen LogP contribution in [0.5, 0.6) is 5.75 Å². The molecule has 0 spiro atoms. The van der Waals surface area contributed by atoms with Crippen molar-refractivity contribution in [1.29, 1.82) is 0 Å². The maximum atomic E-state index is 5.42. The van der Waals surface area contributed by atoms with Crippen molar-refractivity contribution in [3.8, 4) is 5.75 Å². The normalized spacial score (nSPS) is 12.3. The van der Waals surface area contributed by atoms with Gasteiger partial charge in [0.2, 0.25) is 0 Å². The van der Waals surface area contributed by atoms with Crippen LogP contribution < -0.4 is 4.74 Å². The van der Waals surface area contributed by atoms with Gasteiger partial charge < -0.3 is 4.74 Å². The third kappa shape index (κ3) is 2.84. The molecule has 2 heteroatoms. The molecule has 1 unspecified atom stereocenters. The lowest BCUT2D eigenvalue weighted by Crippen LogP contribution is -1.99. The van der Waals surface area contributed by atoms with Gasteiger partial charge in [-0.1, -0.05) is 52.3 Å². The lowest BCUT2D eigenvalue weighted by atomic mass is 9.97. The van der Waals surface area contributed by atoms with Crippen LogP contribution >= 0.6 is 15.9 Å². The first-order chi connectivity index (χ1) is 9.04. The Hall–Kier alpha value is -1.28. The minimum absolute atomic E-state index is 0.219. The van der Waals surface area contributed by atoms with Gasteiger partial charge >= 0.3 is 0 Å². The van der Waals surface area contributed by atoms with Crippen LogP contribution in [0.2, 0.25) is 0 Å². The lowest BCUT2D eigenvalue weighted by Gasteiger charge is -2.17. The summed E-state index contributed by atoms with van der Waals surface area (Å²) in [6.07, 6.45) is 0. The Balaban J connectivity index is 2.45. The molecule has 2 aromatic carbocycles. The zero-order valence-corrected chi connectivity index (χ0v) is 13.4. The van der Waals surface area contributed by atoms with Crippen LogP contribution in [0, 0.1) is 20.8 Å². The fourth-order valence-corrected chi connectivity index (χ4v) is 3.28. The first kappa shape index (κ1) is 14.1. The van der Waals surface area contributed by atoms with Gasteiger partial charge in [-0.05, 0) is 48.6 Å². The summed E-state index contributed by atoms with van der Waals surface area (Å²) in [5, 5.41) is 0. The summed E-state index contributed by atoms with van der Waals surface area (Å²) in [7, 11) is 1.72. The van der Waals surface area contributed by atoms with Crippen LogP contribution in [0.25, 0.3) is 0 Å². The van der Waals surface area contributed by atoms with Gasteiger partial charge in [-0.3, -0.25) is 0 Å². The van der Waals surface area contributed by atoms with Crippen LogP contribution in [-0.4, -0.2) is 7.11 Å². The topological polar surface area (TPSA) is 9.23 Å². The molecule has 0 aliphatic rings. The summed E-state index contributed by atoms with van der Waals surface area (Å²) < 4.78 is 5.42. The molecule has 0 amide bonds. The van der Waals surface area contributed by atoms with Crippen LogP contribution in [0.3, 0.4) is 0 Å². The van der Waals surface area contributed by atoms with Gasteiger partial charge in [0.15, 0.2) is 0 Å². The molecule has 1 nitrogen and oxygen atoms in total. The Labute approximate surface area is 123 Å². The van der Waals surface area contributed by atoms with E-state index in [-0.39, 0.29) is 4.83 Å². The standard InChI is InChI=1S/C17H19BrO/c1-11-7-5-6-8-15(11)16(18)14-9-12(2)17(19-4)13(3)10-14/h5-10,16H,1-4H3. The van der Waals surface area contributed by atoms with Crippen LogP contribution in [0.15, 0.2) is 36.4 Å². The second-order valence-electron chi connectivity index (χ2n) is 4.91. The van der Waals surface area contributed by atoms with Crippen molar-refractivity contribution in [3.05, 3.63) is 64.2 Å². The highest BCUT2D eigenvalue weighted by molar-refractivity contribution is 9.09. The van der Waals surface area contributed by atoms with Crippen LogP contribution in [0.4, 0.5) is 0 Å². The van der Waals surface area contributed by atoms with Crippen molar-refractivity contribution in [2.75, 3.05) is 7.11 Å². The third-order valence-corrected chi connectivity index (χ3v) is 4.46. The molecule has 0 heterocycles. The molecule has 100 valence electrons. The predicted molar refractivity (Wildman–Crippen MR) is 84.4 cm³/mol. The Morgan fingerprint density at radius 2 is 1.53 bits per heavy atom. The average molecular weight is 319 g/mol. The van der Waals surface area contributed by atoms with Crippen molar-refractivity contribution in [2.45, 2.75) is 25.6 Å². The predicted octanol–water partition coefficient (Wildman–Crippen LogP) is 5.10. The maximum absolute atomic E-state index is 5.42. The highest BCUT2D eigenvalue weighted by atomic mass is 79.9. The average Bonchev–Trinajstić information content (AvgIpc) is 2.38. The Morgan fingerprint density at radius 1 is 0.947 bits per heavy atom. The van der Waals surface area contributed by atoms with E-state index in [9.17, 15) is 0 Å². The second kappa shape index (κ2) is 5.79. The first-order valence-electron chi connectivity index (χ1n) is 6.39. The maximum Gasteiger partial charge on any atom is 0.124 e. The third-order valence-electron chi connectivity index (χ3n) is 3.44. The van der Waals surface area contributed by atoms with Gasteiger partial charge in [-0.15, -0.1) is 0 Å². The number of halogens is 1. The number of rotatable bonds is 3. The highest BCUT2D eigenvalue weighted by Gasteiger charge is 2.15. The van der Waals surface area contributed by atoms with Gasteiger partial charge in [-0.2, -0.15) is 0 Å². The van der Waals surface area contributed by atoms with E-state index in [1.807, 2.05) is 0 Å². The molecule has 19 heavy (non-hydrogen) atoms. The number of ether oxygens (including phenoxy) is 1. The second-order valence-corrected chi connectivity index (χ2v) is 5.82. The molecule has 0 aromatic heterocycles.